The lowest BCUT2D eigenvalue weighted by Crippen LogP contribution is -2.39. The molecule has 4 nitrogen and oxygen atoms in total. The maximum atomic E-state index is 13.1. The summed E-state index contributed by atoms with van der Waals surface area (Å²) in [5.74, 6) is -0.448. The Hall–Kier alpha value is -1.92. The van der Waals surface area contributed by atoms with Crippen molar-refractivity contribution in [3.63, 3.8) is 0 Å². The van der Waals surface area contributed by atoms with Gasteiger partial charge < -0.3 is 4.90 Å². The smallest absolute Gasteiger partial charge is 0.264 e. The van der Waals surface area contributed by atoms with Crippen LogP contribution < -0.4 is 4.31 Å². The molecule has 0 aromatic heterocycles. The van der Waals surface area contributed by atoms with Crippen molar-refractivity contribution in [3.8, 4) is 0 Å². The predicted molar refractivity (Wildman–Crippen MR) is 88.4 cm³/mol. The van der Waals surface area contributed by atoms with Gasteiger partial charge in [-0.1, -0.05) is 18.2 Å². The molecule has 0 amide bonds. The van der Waals surface area contributed by atoms with E-state index in [2.05, 4.69) is 4.90 Å². The Morgan fingerprint density at radius 2 is 1.74 bits per heavy atom. The predicted octanol–water partition coefficient (Wildman–Crippen LogP) is 3.03. The second-order valence-electron chi connectivity index (χ2n) is 5.86. The minimum absolute atomic E-state index is 0.108. The number of rotatable bonds is 3. The summed E-state index contributed by atoms with van der Waals surface area (Å²) in [4.78, 5) is 2.21. The van der Waals surface area contributed by atoms with Gasteiger partial charge in [-0.25, -0.2) is 12.8 Å². The lowest BCUT2D eigenvalue weighted by molar-refractivity contribution is 0.281. The molecule has 0 aliphatic carbocycles. The molecule has 1 unspecified atom stereocenters. The summed E-state index contributed by atoms with van der Waals surface area (Å²) in [6.45, 7) is 0.402. The Kier molecular flexibility index (Phi) is 4.12. The normalized spacial score (nSPS) is 18.1. The van der Waals surface area contributed by atoms with Gasteiger partial charge in [-0.2, -0.15) is 0 Å². The fourth-order valence-corrected chi connectivity index (χ4v) is 4.54. The zero-order chi connectivity index (χ0) is 16.6. The average molecular weight is 334 g/mol. The summed E-state index contributed by atoms with van der Waals surface area (Å²) in [7, 11) is 0.290. The first-order valence-electron chi connectivity index (χ1n) is 7.45. The van der Waals surface area contributed by atoms with E-state index in [4.69, 9.17) is 0 Å². The molecule has 0 saturated carbocycles. The van der Waals surface area contributed by atoms with E-state index in [1.165, 1.54) is 28.6 Å². The number of sulfonamides is 1. The van der Waals surface area contributed by atoms with Crippen molar-refractivity contribution in [1.82, 2.24) is 4.90 Å². The maximum Gasteiger partial charge on any atom is 0.264 e. The molecule has 1 aliphatic heterocycles. The number of fused-ring (bicyclic) bond motifs is 1. The van der Waals surface area contributed by atoms with Crippen LogP contribution in [0.1, 0.15) is 18.0 Å². The van der Waals surface area contributed by atoms with Crippen LogP contribution in [0, 0.1) is 5.82 Å². The van der Waals surface area contributed by atoms with Gasteiger partial charge >= 0.3 is 0 Å². The maximum absolute atomic E-state index is 13.1. The lowest BCUT2D eigenvalue weighted by Gasteiger charge is -2.37. The van der Waals surface area contributed by atoms with Gasteiger partial charge in [0.25, 0.3) is 10.0 Å². The third kappa shape index (κ3) is 2.84. The van der Waals surface area contributed by atoms with Crippen LogP contribution in [0.5, 0.6) is 0 Å². The highest BCUT2D eigenvalue weighted by Gasteiger charge is 2.33. The molecule has 0 fully saturated rings. The average Bonchev–Trinajstić information content (AvgIpc) is 2.54. The Morgan fingerprint density at radius 1 is 1.09 bits per heavy atom. The highest BCUT2D eigenvalue weighted by molar-refractivity contribution is 7.92. The third-order valence-electron chi connectivity index (χ3n) is 4.20. The molecule has 0 N–H and O–H groups in total. The topological polar surface area (TPSA) is 40.6 Å². The Balaban J connectivity index is 2.07. The van der Waals surface area contributed by atoms with E-state index in [1.807, 2.05) is 38.4 Å². The largest absolute Gasteiger partial charge is 0.302 e. The molecular weight excluding hydrogens is 315 g/mol. The molecular formula is C17H19FN2O2S. The highest BCUT2D eigenvalue weighted by Crippen LogP contribution is 2.38. The molecule has 1 atom stereocenters. The second kappa shape index (κ2) is 5.94. The first-order valence-corrected chi connectivity index (χ1v) is 8.89. The number of nitrogens with zero attached hydrogens (tertiary/aromatic N) is 2. The minimum Gasteiger partial charge on any atom is -0.302 e. The first kappa shape index (κ1) is 16.0. The van der Waals surface area contributed by atoms with Gasteiger partial charge in [-0.3, -0.25) is 4.31 Å². The van der Waals surface area contributed by atoms with E-state index < -0.39 is 15.8 Å². The molecule has 23 heavy (non-hydrogen) atoms. The molecule has 6 heteroatoms. The number of halogens is 1. The molecule has 0 radical (unpaired) electrons. The van der Waals surface area contributed by atoms with Crippen LogP contribution in [0.25, 0.3) is 0 Å². The molecule has 0 spiro atoms. The molecule has 2 aromatic carbocycles. The van der Waals surface area contributed by atoms with Crippen LogP contribution in [0.4, 0.5) is 10.1 Å². The van der Waals surface area contributed by atoms with Gasteiger partial charge in [0.1, 0.15) is 5.82 Å². The zero-order valence-electron chi connectivity index (χ0n) is 13.1. The van der Waals surface area contributed by atoms with Crippen LogP contribution >= 0.6 is 0 Å². The number of benzene rings is 2. The number of anilines is 1. The molecule has 3 rings (SSSR count). The summed E-state index contributed by atoms with van der Waals surface area (Å²) >= 11 is 0. The fourth-order valence-electron chi connectivity index (χ4n) is 3.03. The van der Waals surface area contributed by atoms with Crippen LogP contribution in [0.15, 0.2) is 53.4 Å². The van der Waals surface area contributed by atoms with Gasteiger partial charge in [-0.05, 0) is 56.4 Å². The number of hydrogen-bond donors (Lipinski definition) is 0. The third-order valence-corrected chi connectivity index (χ3v) is 6.02. The van der Waals surface area contributed by atoms with E-state index >= 15 is 0 Å². The van der Waals surface area contributed by atoms with Crippen LogP contribution in [-0.2, 0) is 10.0 Å². The van der Waals surface area contributed by atoms with Gasteiger partial charge in [0.15, 0.2) is 0 Å². The lowest BCUT2D eigenvalue weighted by atomic mass is 9.97. The molecule has 2 aromatic rings. The summed E-state index contributed by atoms with van der Waals surface area (Å²) in [5.41, 5.74) is 1.69. The number of para-hydroxylation sites is 1. The van der Waals surface area contributed by atoms with E-state index in [0.29, 0.717) is 18.7 Å². The standard InChI is InChI=1S/C17H19FN2O2S/c1-19(2)16-11-12-20(17-6-4-3-5-15(16)17)23(21,22)14-9-7-13(18)8-10-14/h3-10,16H,11-12H2,1-2H3. The van der Waals surface area contributed by atoms with Gasteiger partial charge in [0.05, 0.1) is 10.6 Å². The monoisotopic (exact) mass is 334 g/mol. The number of hydrogen-bond acceptors (Lipinski definition) is 3. The molecule has 1 aliphatic rings. The molecule has 122 valence electrons. The van der Waals surface area contributed by atoms with Gasteiger partial charge in [-0.15, -0.1) is 0 Å². The quantitative estimate of drug-likeness (QED) is 0.866. The van der Waals surface area contributed by atoms with Crippen molar-refractivity contribution in [3.05, 3.63) is 59.9 Å². The Morgan fingerprint density at radius 3 is 2.39 bits per heavy atom. The van der Waals surface area contributed by atoms with Gasteiger partial charge in [0, 0.05) is 12.6 Å². The van der Waals surface area contributed by atoms with Crippen LogP contribution in [-0.4, -0.2) is 34.0 Å². The van der Waals surface area contributed by atoms with Crippen LogP contribution in [0.2, 0.25) is 0 Å². The molecule has 0 saturated heterocycles. The highest BCUT2D eigenvalue weighted by atomic mass is 32.2. The zero-order valence-corrected chi connectivity index (χ0v) is 13.9. The Labute approximate surface area is 136 Å². The van der Waals surface area contributed by atoms with Crippen molar-refractivity contribution < 1.29 is 12.8 Å². The minimum atomic E-state index is -3.69. The van der Waals surface area contributed by atoms with Crippen molar-refractivity contribution in [1.29, 1.82) is 0 Å². The van der Waals surface area contributed by atoms with Crippen molar-refractivity contribution in [2.24, 2.45) is 0 Å². The van der Waals surface area contributed by atoms with E-state index in [1.54, 1.807) is 0 Å². The second-order valence-corrected chi connectivity index (χ2v) is 7.72. The van der Waals surface area contributed by atoms with E-state index in [9.17, 15) is 12.8 Å². The summed E-state index contributed by atoms with van der Waals surface area (Å²) in [5, 5.41) is 0. The van der Waals surface area contributed by atoms with Crippen molar-refractivity contribution >= 4 is 15.7 Å². The van der Waals surface area contributed by atoms with Gasteiger partial charge in [0.2, 0.25) is 0 Å². The summed E-state index contributed by atoms with van der Waals surface area (Å²) in [6, 6.07) is 12.7. The van der Waals surface area contributed by atoms with Crippen molar-refractivity contribution in [2.75, 3.05) is 24.9 Å². The molecule has 0 bridgehead atoms. The first-order chi connectivity index (χ1) is 10.9. The Bertz CT molecular complexity index is 804. The SMILES string of the molecule is CN(C)C1CCN(S(=O)(=O)c2ccc(F)cc2)c2ccccc21. The van der Waals surface area contributed by atoms with E-state index in [0.717, 1.165) is 5.56 Å². The van der Waals surface area contributed by atoms with Crippen LogP contribution in [0.3, 0.4) is 0 Å². The summed E-state index contributed by atoms with van der Waals surface area (Å²) in [6.07, 6.45) is 0.713. The fraction of sp³-hybridized carbons (Fsp3) is 0.294. The summed E-state index contributed by atoms with van der Waals surface area (Å²) < 4.78 is 40.4. The van der Waals surface area contributed by atoms with E-state index in [-0.39, 0.29) is 10.9 Å². The molecule has 1 heterocycles. The van der Waals surface area contributed by atoms with Crippen molar-refractivity contribution in [2.45, 2.75) is 17.4 Å².